The summed E-state index contributed by atoms with van der Waals surface area (Å²) >= 11 is 0. The van der Waals surface area contributed by atoms with E-state index < -0.39 is 39.8 Å². The Kier molecular flexibility index (Phi) is 6.06. The fourth-order valence-electron chi connectivity index (χ4n) is 4.60. The van der Waals surface area contributed by atoms with Crippen LogP contribution in [0.2, 0.25) is 0 Å². The number of likely N-dealkylation sites (tertiary alicyclic amines) is 1. The molecule has 2 fully saturated rings. The lowest BCUT2D eigenvalue weighted by molar-refractivity contribution is -0.162. The van der Waals surface area contributed by atoms with Gasteiger partial charge in [0.05, 0.1) is 39.7 Å². The van der Waals surface area contributed by atoms with Crippen molar-refractivity contribution in [2.24, 2.45) is 17.8 Å². The summed E-state index contributed by atoms with van der Waals surface area (Å²) in [5.74, 6) is -2.67. The summed E-state index contributed by atoms with van der Waals surface area (Å²) < 4.78 is 29.4. The smallest absolute Gasteiger partial charge is 0.357 e. The van der Waals surface area contributed by atoms with Gasteiger partial charge >= 0.3 is 5.97 Å². The molecule has 12 heteroatoms. The highest BCUT2D eigenvalue weighted by atomic mass is 32.2. The van der Waals surface area contributed by atoms with Crippen LogP contribution in [0.3, 0.4) is 0 Å². The van der Waals surface area contributed by atoms with Crippen molar-refractivity contribution in [3.63, 3.8) is 0 Å². The van der Waals surface area contributed by atoms with Crippen LogP contribution >= 0.6 is 9.47 Å². The molecule has 0 aromatic carbocycles. The molecule has 0 aliphatic carbocycles. The Balaban J connectivity index is 1.77. The van der Waals surface area contributed by atoms with Gasteiger partial charge in [0, 0.05) is 19.0 Å². The zero-order valence-corrected chi connectivity index (χ0v) is 18.5. The Hall–Kier alpha value is -1.55. The number of nitrogens with one attached hydrogen (secondary N) is 1. The Morgan fingerprint density at radius 3 is 2.62 bits per heavy atom. The largest absolute Gasteiger partial charge is 0.447 e. The van der Waals surface area contributed by atoms with Crippen molar-refractivity contribution in [3.8, 4) is 0 Å². The summed E-state index contributed by atoms with van der Waals surface area (Å²) in [7, 11) is -1.73. The minimum atomic E-state index is -3.62. The molecule has 2 saturated heterocycles. The second kappa shape index (κ2) is 7.94. The standard InChI is InChI=1S/C17H26N3O7PS/c1-8-11(7-19-5-4-10(6-19)15(22)18-29(3,25)26)14(17(24)27-28)20-13(8)12(9(2)21)16(20)23/h8-10,12-13,21H,4-7,28H2,1-3H3,(H,18,22)/t8-,9+,10-,12?,13+/m0/s1. The van der Waals surface area contributed by atoms with Crippen LogP contribution in [0.25, 0.3) is 0 Å². The molecule has 0 aromatic rings. The summed E-state index contributed by atoms with van der Waals surface area (Å²) in [6, 6.07) is -0.302. The Morgan fingerprint density at radius 2 is 2.07 bits per heavy atom. The molecule has 3 aliphatic rings. The van der Waals surface area contributed by atoms with Gasteiger partial charge in [-0.1, -0.05) is 6.92 Å². The quantitative estimate of drug-likeness (QED) is 0.384. The van der Waals surface area contributed by atoms with E-state index in [1.54, 1.807) is 6.92 Å². The highest BCUT2D eigenvalue weighted by Gasteiger charge is 2.60. The van der Waals surface area contributed by atoms with E-state index in [4.69, 9.17) is 4.52 Å². The maximum atomic E-state index is 12.5. The van der Waals surface area contributed by atoms with Crippen molar-refractivity contribution in [1.82, 2.24) is 14.5 Å². The number of β-lactam (4-membered cyclic amide) rings is 1. The summed E-state index contributed by atoms with van der Waals surface area (Å²) in [6.07, 6.45) is 0.604. The topological polar surface area (TPSA) is 133 Å². The molecule has 10 nitrogen and oxygen atoms in total. The van der Waals surface area contributed by atoms with E-state index in [0.717, 1.165) is 11.8 Å². The average Bonchev–Trinajstić information content (AvgIpc) is 3.16. The molecule has 0 spiro atoms. The molecule has 0 aromatic heterocycles. The van der Waals surface area contributed by atoms with Gasteiger partial charge in [-0.25, -0.2) is 13.2 Å². The van der Waals surface area contributed by atoms with Crippen LogP contribution in [0.4, 0.5) is 0 Å². The Labute approximate surface area is 172 Å². The van der Waals surface area contributed by atoms with Crippen molar-refractivity contribution < 1.29 is 32.4 Å². The van der Waals surface area contributed by atoms with Crippen LogP contribution in [0, 0.1) is 17.8 Å². The molecule has 3 heterocycles. The number of carbonyl (C=O) groups excluding carboxylic acids is 3. The number of amides is 2. The van der Waals surface area contributed by atoms with Gasteiger partial charge in [-0.2, -0.15) is 0 Å². The van der Waals surface area contributed by atoms with Gasteiger partial charge in [0.15, 0.2) is 0 Å². The zero-order chi connectivity index (χ0) is 21.7. The van der Waals surface area contributed by atoms with Crippen LogP contribution in [0.15, 0.2) is 11.3 Å². The van der Waals surface area contributed by atoms with E-state index in [1.807, 2.05) is 26.0 Å². The molecule has 3 rings (SSSR count). The van der Waals surface area contributed by atoms with Gasteiger partial charge in [-0.3, -0.25) is 19.2 Å². The molecule has 29 heavy (non-hydrogen) atoms. The molecule has 2 N–H and O–H groups in total. The number of carbonyl (C=O) groups is 3. The average molecular weight is 447 g/mol. The first-order chi connectivity index (χ1) is 13.5. The van der Waals surface area contributed by atoms with E-state index in [0.29, 0.717) is 26.1 Å². The molecule has 6 atom stereocenters. The second-order valence-corrected chi connectivity index (χ2v) is 9.98. The van der Waals surface area contributed by atoms with Crippen LogP contribution in [-0.2, 0) is 28.9 Å². The Bertz CT molecular complexity index is 872. The van der Waals surface area contributed by atoms with E-state index in [9.17, 15) is 27.9 Å². The number of sulfonamides is 1. The summed E-state index contributed by atoms with van der Waals surface area (Å²) in [5.41, 5.74) is 0.923. The van der Waals surface area contributed by atoms with E-state index in [-0.39, 0.29) is 23.6 Å². The number of aliphatic hydroxyl groups excluding tert-OH is 1. The fraction of sp³-hybridized carbons (Fsp3) is 0.706. The van der Waals surface area contributed by atoms with Gasteiger partial charge in [0.1, 0.15) is 5.70 Å². The van der Waals surface area contributed by atoms with Crippen LogP contribution in [0.5, 0.6) is 0 Å². The first kappa shape index (κ1) is 22.1. The summed E-state index contributed by atoms with van der Waals surface area (Å²) in [4.78, 5) is 40.4. The molecule has 2 amide bonds. The SMILES string of the molecule is C[C@@H](O)C1C(=O)N2C(C(=O)OP)=C(CN3CC[C@H](C(=O)NS(C)(=O)=O)C3)[C@H](C)[C@H]12. The van der Waals surface area contributed by atoms with Gasteiger partial charge in [0.2, 0.25) is 21.8 Å². The number of hydrogen-bond acceptors (Lipinski definition) is 8. The molecule has 3 aliphatic heterocycles. The predicted molar refractivity (Wildman–Crippen MR) is 105 cm³/mol. The minimum Gasteiger partial charge on any atom is -0.447 e. The van der Waals surface area contributed by atoms with E-state index >= 15 is 0 Å². The number of fused-ring (bicyclic) bond motifs is 1. The minimum absolute atomic E-state index is 0.157. The summed E-state index contributed by atoms with van der Waals surface area (Å²) in [6.45, 7) is 4.72. The third kappa shape index (κ3) is 4.05. The molecule has 0 bridgehead atoms. The third-order valence-electron chi connectivity index (χ3n) is 5.94. The number of nitrogens with zero attached hydrogens (tertiary/aromatic N) is 2. The first-order valence-corrected chi connectivity index (χ1v) is 11.7. The fourth-order valence-corrected chi connectivity index (χ4v) is 5.24. The first-order valence-electron chi connectivity index (χ1n) is 9.35. The predicted octanol–water partition coefficient (Wildman–Crippen LogP) is -1.17. The molecular weight excluding hydrogens is 421 g/mol. The molecule has 162 valence electrons. The second-order valence-electron chi connectivity index (χ2n) is 7.99. The number of hydrogen-bond donors (Lipinski definition) is 2. The summed E-state index contributed by atoms with van der Waals surface area (Å²) in [5, 5.41) is 9.96. The van der Waals surface area contributed by atoms with Crippen molar-refractivity contribution in [3.05, 3.63) is 11.3 Å². The third-order valence-corrected chi connectivity index (χ3v) is 6.72. The van der Waals surface area contributed by atoms with Gasteiger partial charge in [-0.15, -0.1) is 0 Å². The van der Waals surface area contributed by atoms with Gasteiger partial charge < -0.3 is 14.5 Å². The molecular formula is C17H26N3O7PS. The van der Waals surface area contributed by atoms with E-state index in [1.165, 1.54) is 4.90 Å². The van der Waals surface area contributed by atoms with Crippen molar-refractivity contribution >= 4 is 37.3 Å². The van der Waals surface area contributed by atoms with Crippen molar-refractivity contribution in [2.75, 3.05) is 25.9 Å². The van der Waals surface area contributed by atoms with Gasteiger partial charge in [-0.05, 0) is 25.5 Å². The lowest BCUT2D eigenvalue weighted by Crippen LogP contribution is -2.63. The normalized spacial score (nSPS) is 30.8. The van der Waals surface area contributed by atoms with Gasteiger partial charge in [0.25, 0.3) is 0 Å². The lowest BCUT2D eigenvalue weighted by Gasteiger charge is -2.46. The van der Waals surface area contributed by atoms with Crippen LogP contribution in [-0.4, -0.2) is 79.1 Å². The lowest BCUT2D eigenvalue weighted by atomic mass is 9.77. The highest BCUT2D eigenvalue weighted by Crippen LogP contribution is 2.47. The van der Waals surface area contributed by atoms with Crippen molar-refractivity contribution in [1.29, 1.82) is 0 Å². The maximum Gasteiger partial charge on any atom is 0.357 e. The number of rotatable bonds is 6. The molecule has 2 unspecified atom stereocenters. The molecule has 0 radical (unpaired) electrons. The maximum absolute atomic E-state index is 12.5. The van der Waals surface area contributed by atoms with Crippen LogP contribution in [0.1, 0.15) is 20.3 Å². The molecule has 0 saturated carbocycles. The zero-order valence-electron chi connectivity index (χ0n) is 16.5. The van der Waals surface area contributed by atoms with Crippen LogP contribution < -0.4 is 4.72 Å². The van der Waals surface area contributed by atoms with E-state index in [2.05, 4.69) is 0 Å². The highest BCUT2D eigenvalue weighted by molar-refractivity contribution is 7.89. The Morgan fingerprint density at radius 1 is 1.41 bits per heavy atom. The van der Waals surface area contributed by atoms with Crippen molar-refractivity contribution in [2.45, 2.75) is 32.4 Å². The monoisotopic (exact) mass is 447 g/mol. The number of aliphatic hydroxyl groups is 1.